The van der Waals surface area contributed by atoms with Gasteiger partial charge >= 0.3 is 5.69 Å². The van der Waals surface area contributed by atoms with Gasteiger partial charge in [-0.15, -0.1) is 0 Å². The fourth-order valence-corrected chi connectivity index (χ4v) is 3.62. The van der Waals surface area contributed by atoms with Gasteiger partial charge in [-0.3, -0.25) is 4.57 Å². The number of hydrogen-bond donors (Lipinski definition) is 3. The SMILES string of the molecule is CC(C)CCC(c1nc2ccc(CN)cc2[nH]1)n1c(=O)[nH]c2ccccc21. The van der Waals surface area contributed by atoms with E-state index in [0.29, 0.717) is 12.5 Å². The monoisotopic (exact) mass is 363 g/mol. The van der Waals surface area contributed by atoms with Crippen molar-refractivity contribution < 1.29 is 0 Å². The molecule has 0 saturated carbocycles. The summed E-state index contributed by atoms with van der Waals surface area (Å²) in [6.45, 7) is 4.88. The molecule has 2 aromatic carbocycles. The van der Waals surface area contributed by atoms with Gasteiger partial charge in [-0.05, 0) is 48.6 Å². The first-order chi connectivity index (χ1) is 13.1. The molecule has 4 rings (SSSR count). The Morgan fingerprint density at radius 1 is 1.07 bits per heavy atom. The molecule has 0 saturated heterocycles. The third-order valence-corrected chi connectivity index (χ3v) is 5.07. The number of para-hydroxylation sites is 2. The molecule has 27 heavy (non-hydrogen) atoms. The number of nitrogens with zero attached hydrogens (tertiary/aromatic N) is 2. The summed E-state index contributed by atoms with van der Waals surface area (Å²) >= 11 is 0. The van der Waals surface area contributed by atoms with E-state index < -0.39 is 0 Å². The molecule has 2 aromatic heterocycles. The van der Waals surface area contributed by atoms with Crippen LogP contribution in [0.2, 0.25) is 0 Å². The van der Waals surface area contributed by atoms with Crippen LogP contribution in [0.5, 0.6) is 0 Å². The standard InChI is InChI=1S/C21H25N5O/c1-13(2)7-10-19(26-18-6-4-3-5-16(18)25-21(26)27)20-23-15-9-8-14(12-22)11-17(15)24-20/h3-6,8-9,11,13,19H,7,10,12,22H2,1-2H3,(H,23,24)(H,25,27). The Morgan fingerprint density at radius 3 is 2.67 bits per heavy atom. The highest BCUT2D eigenvalue weighted by Gasteiger charge is 2.22. The van der Waals surface area contributed by atoms with Crippen molar-refractivity contribution in [2.75, 3.05) is 0 Å². The molecule has 140 valence electrons. The lowest BCUT2D eigenvalue weighted by molar-refractivity contribution is 0.448. The van der Waals surface area contributed by atoms with Gasteiger partial charge in [0, 0.05) is 6.54 Å². The Balaban J connectivity index is 1.86. The summed E-state index contributed by atoms with van der Waals surface area (Å²) in [6.07, 6.45) is 1.84. The molecule has 1 atom stereocenters. The predicted molar refractivity (Wildman–Crippen MR) is 109 cm³/mol. The molecule has 6 heteroatoms. The quantitative estimate of drug-likeness (QED) is 0.488. The number of aromatic amines is 2. The average molecular weight is 363 g/mol. The Bertz CT molecular complexity index is 1130. The number of rotatable bonds is 6. The van der Waals surface area contributed by atoms with Crippen LogP contribution < -0.4 is 11.4 Å². The number of H-pyrrole nitrogens is 2. The Kier molecular flexibility index (Phi) is 4.58. The van der Waals surface area contributed by atoms with Crippen molar-refractivity contribution in [3.8, 4) is 0 Å². The van der Waals surface area contributed by atoms with Crippen LogP contribution >= 0.6 is 0 Å². The summed E-state index contributed by atoms with van der Waals surface area (Å²) in [6, 6.07) is 13.7. The first-order valence-electron chi connectivity index (χ1n) is 9.44. The minimum Gasteiger partial charge on any atom is -0.340 e. The van der Waals surface area contributed by atoms with E-state index in [-0.39, 0.29) is 11.7 Å². The molecule has 0 bridgehead atoms. The second kappa shape index (κ2) is 7.04. The van der Waals surface area contributed by atoms with Gasteiger partial charge in [0.05, 0.1) is 28.1 Å². The highest BCUT2D eigenvalue weighted by Crippen LogP contribution is 2.27. The van der Waals surface area contributed by atoms with E-state index in [1.807, 2.05) is 47.0 Å². The van der Waals surface area contributed by atoms with Gasteiger partial charge in [0.2, 0.25) is 0 Å². The summed E-state index contributed by atoms with van der Waals surface area (Å²) in [5.41, 5.74) is 10.3. The highest BCUT2D eigenvalue weighted by molar-refractivity contribution is 5.77. The van der Waals surface area contributed by atoms with E-state index in [1.165, 1.54) is 0 Å². The van der Waals surface area contributed by atoms with Crippen LogP contribution in [0.15, 0.2) is 47.3 Å². The predicted octanol–water partition coefficient (Wildman–Crippen LogP) is 3.69. The van der Waals surface area contributed by atoms with Crippen LogP contribution in [-0.4, -0.2) is 19.5 Å². The lowest BCUT2D eigenvalue weighted by Crippen LogP contribution is -2.24. The number of aromatic nitrogens is 4. The van der Waals surface area contributed by atoms with Gasteiger partial charge in [-0.1, -0.05) is 32.0 Å². The maximum Gasteiger partial charge on any atom is 0.327 e. The van der Waals surface area contributed by atoms with Gasteiger partial charge in [0.1, 0.15) is 5.82 Å². The number of fused-ring (bicyclic) bond motifs is 2. The maximum absolute atomic E-state index is 12.8. The number of hydrogen-bond acceptors (Lipinski definition) is 3. The molecule has 0 aliphatic carbocycles. The van der Waals surface area contributed by atoms with Crippen molar-refractivity contribution in [2.24, 2.45) is 11.7 Å². The van der Waals surface area contributed by atoms with Crippen molar-refractivity contribution in [1.82, 2.24) is 19.5 Å². The molecule has 1 unspecified atom stereocenters. The lowest BCUT2D eigenvalue weighted by atomic mass is 10.0. The minimum absolute atomic E-state index is 0.104. The van der Waals surface area contributed by atoms with Crippen LogP contribution in [0.3, 0.4) is 0 Å². The molecule has 6 nitrogen and oxygen atoms in total. The molecular formula is C21H25N5O. The molecule has 0 aliphatic heterocycles. The molecule has 4 N–H and O–H groups in total. The van der Waals surface area contributed by atoms with Gasteiger partial charge in [-0.25, -0.2) is 9.78 Å². The number of nitrogens with one attached hydrogen (secondary N) is 2. The third-order valence-electron chi connectivity index (χ3n) is 5.07. The molecule has 4 aromatic rings. The van der Waals surface area contributed by atoms with E-state index in [2.05, 4.69) is 23.8 Å². The van der Waals surface area contributed by atoms with Crippen molar-refractivity contribution >= 4 is 22.1 Å². The molecule has 0 radical (unpaired) electrons. The summed E-state index contributed by atoms with van der Waals surface area (Å²) in [4.78, 5) is 24.0. The van der Waals surface area contributed by atoms with E-state index in [1.54, 1.807) is 0 Å². The zero-order chi connectivity index (χ0) is 19.0. The number of imidazole rings is 2. The van der Waals surface area contributed by atoms with Crippen molar-refractivity contribution in [1.29, 1.82) is 0 Å². The Hall–Kier alpha value is -2.86. The molecule has 0 aliphatic rings. The largest absolute Gasteiger partial charge is 0.340 e. The first kappa shape index (κ1) is 17.5. The normalized spacial score (nSPS) is 13.0. The van der Waals surface area contributed by atoms with Crippen molar-refractivity contribution in [3.63, 3.8) is 0 Å². The molecule has 0 fully saturated rings. The zero-order valence-corrected chi connectivity index (χ0v) is 15.7. The second-order valence-corrected chi connectivity index (χ2v) is 7.48. The zero-order valence-electron chi connectivity index (χ0n) is 15.7. The van der Waals surface area contributed by atoms with Gasteiger partial charge in [0.15, 0.2) is 0 Å². The van der Waals surface area contributed by atoms with E-state index in [4.69, 9.17) is 10.7 Å². The maximum atomic E-state index is 12.8. The fourth-order valence-electron chi connectivity index (χ4n) is 3.62. The Morgan fingerprint density at radius 2 is 1.89 bits per heavy atom. The van der Waals surface area contributed by atoms with E-state index in [0.717, 1.165) is 46.3 Å². The molecule has 0 spiro atoms. The van der Waals surface area contributed by atoms with Gasteiger partial charge in [-0.2, -0.15) is 0 Å². The lowest BCUT2D eigenvalue weighted by Gasteiger charge is -2.18. The summed E-state index contributed by atoms with van der Waals surface area (Å²) in [7, 11) is 0. The van der Waals surface area contributed by atoms with Crippen molar-refractivity contribution in [2.45, 2.75) is 39.3 Å². The van der Waals surface area contributed by atoms with Crippen LogP contribution in [0, 0.1) is 5.92 Å². The number of benzene rings is 2. The minimum atomic E-state index is -0.148. The topological polar surface area (TPSA) is 92.5 Å². The number of nitrogens with two attached hydrogens (primary N) is 1. The van der Waals surface area contributed by atoms with Gasteiger partial charge in [0.25, 0.3) is 0 Å². The second-order valence-electron chi connectivity index (χ2n) is 7.48. The van der Waals surface area contributed by atoms with E-state index >= 15 is 0 Å². The fraction of sp³-hybridized carbons (Fsp3) is 0.333. The molecule has 0 amide bonds. The smallest absolute Gasteiger partial charge is 0.327 e. The van der Waals surface area contributed by atoms with E-state index in [9.17, 15) is 4.79 Å². The average Bonchev–Trinajstić information content (AvgIpc) is 3.22. The Labute approximate surface area is 157 Å². The summed E-state index contributed by atoms with van der Waals surface area (Å²) < 4.78 is 1.83. The first-order valence-corrected chi connectivity index (χ1v) is 9.44. The molecule has 2 heterocycles. The highest BCUT2D eigenvalue weighted by atomic mass is 16.1. The third kappa shape index (κ3) is 3.28. The van der Waals surface area contributed by atoms with Crippen molar-refractivity contribution in [3.05, 3.63) is 64.3 Å². The summed E-state index contributed by atoms with van der Waals surface area (Å²) in [5, 5.41) is 0. The van der Waals surface area contributed by atoms with Crippen LogP contribution in [0.1, 0.15) is 44.1 Å². The van der Waals surface area contributed by atoms with Crippen LogP contribution in [0.4, 0.5) is 0 Å². The molecular weight excluding hydrogens is 338 g/mol. The van der Waals surface area contributed by atoms with Crippen LogP contribution in [-0.2, 0) is 6.54 Å². The van der Waals surface area contributed by atoms with Crippen LogP contribution in [0.25, 0.3) is 22.1 Å². The summed E-state index contributed by atoms with van der Waals surface area (Å²) in [5.74, 6) is 1.35. The van der Waals surface area contributed by atoms with Gasteiger partial charge < -0.3 is 15.7 Å².